The summed E-state index contributed by atoms with van der Waals surface area (Å²) in [5.74, 6) is 2.42. The lowest BCUT2D eigenvalue weighted by molar-refractivity contribution is 0.437. The second-order valence-electron chi connectivity index (χ2n) is 16.7. The monoisotopic (exact) mass is 815 g/mol. The van der Waals surface area contributed by atoms with Crippen molar-refractivity contribution in [3.05, 3.63) is 247 Å². The Balaban J connectivity index is 0.951. The van der Waals surface area contributed by atoms with Crippen molar-refractivity contribution in [2.45, 2.75) is 5.41 Å². The van der Waals surface area contributed by atoms with Crippen LogP contribution in [0, 0.1) is 0 Å². The number of nitrogens with zero attached hydrogens (tertiary/aromatic N) is 3. The molecule has 0 fully saturated rings. The SMILES string of the molecule is c1ccc(-c2cc(-c3ccc(-c4cccc(-c5nc6ccccc6c6cc7c(cc56)Oc5ccccc5C75c6ccccc6-c6ccccc65)c4)cc3)nc(-c3ccccc3)n2)cc1. The fourth-order valence-corrected chi connectivity index (χ4v) is 10.3. The third-order valence-corrected chi connectivity index (χ3v) is 13.1. The summed E-state index contributed by atoms with van der Waals surface area (Å²) < 4.78 is 6.97. The van der Waals surface area contributed by atoms with Gasteiger partial charge in [0.05, 0.1) is 28.0 Å². The Labute approximate surface area is 370 Å². The molecule has 0 atom stereocenters. The molecule has 9 aromatic carbocycles. The Kier molecular flexibility index (Phi) is 8.09. The minimum absolute atomic E-state index is 0.555. The average molecular weight is 816 g/mol. The fraction of sp³-hybridized carbons (Fsp3) is 0.0167. The number of hydrogen-bond acceptors (Lipinski definition) is 4. The second kappa shape index (κ2) is 14.3. The van der Waals surface area contributed by atoms with E-state index in [0.717, 1.165) is 94.8 Å². The second-order valence-corrected chi connectivity index (χ2v) is 16.7. The van der Waals surface area contributed by atoms with Crippen LogP contribution in [0.5, 0.6) is 11.5 Å². The third kappa shape index (κ3) is 5.52. The highest BCUT2D eigenvalue weighted by Crippen LogP contribution is 2.62. The zero-order valence-electron chi connectivity index (χ0n) is 34.6. The van der Waals surface area contributed by atoms with Crippen molar-refractivity contribution in [3.8, 4) is 78.9 Å². The lowest BCUT2D eigenvalue weighted by atomic mass is 9.65. The summed E-state index contributed by atoms with van der Waals surface area (Å²) in [5.41, 5.74) is 16.8. The molecule has 0 saturated carbocycles. The minimum atomic E-state index is -0.555. The highest BCUT2D eigenvalue weighted by Gasteiger charge is 2.51. The fourth-order valence-electron chi connectivity index (χ4n) is 10.3. The van der Waals surface area contributed by atoms with E-state index in [1.165, 1.54) is 22.3 Å². The molecule has 298 valence electrons. The zero-order valence-corrected chi connectivity index (χ0v) is 34.6. The lowest BCUT2D eigenvalue weighted by Gasteiger charge is -2.39. The molecule has 13 rings (SSSR count). The number of hydrogen-bond donors (Lipinski definition) is 0. The quantitative estimate of drug-likeness (QED) is 0.162. The van der Waals surface area contributed by atoms with Crippen LogP contribution < -0.4 is 4.74 Å². The summed E-state index contributed by atoms with van der Waals surface area (Å²) in [5, 5.41) is 3.30. The summed E-state index contributed by atoms with van der Waals surface area (Å²) in [6.07, 6.45) is 0. The van der Waals surface area contributed by atoms with Crippen molar-refractivity contribution in [2.24, 2.45) is 0 Å². The maximum Gasteiger partial charge on any atom is 0.160 e. The Morgan fingerprint density at radius 1 is 0.312 bits per heavy atom. The van der Waals surface area contributed by atoms with E-state index in [9.17, 15) is 0 Å². The summed E-state index contributed by atoms with van der Waals surface area (Å²) in [7, 11) is 0. The van der Waals surface area contributed by atoms with Crippen molar-refractivity contribution in [3.63, 3.8) is 0 Å². The molecule has 1 spiro atoms. The molecule has 4 nitrogen and oxygen atoms in total. The lowest BCUT2D eigenvalue weighted by Crippen LogP contribution is -2.32. The molecule has 0 N–H and O–H groups in total. The molecule has 0 saturated heterocycles. The first-order valence-corrected chi connectivity index (χ1v) is 21.8. The number of fused-ring (bicyclic) bond motifs is 12. The van der Waals surface area contributed by atoms with Crippen molar-refractivity contribution >= 4 is 21.7 Å². The highest BCUT2D eigenvalue weighted by molar-refractivity contribution is 6.12. The van der Waals surface area contributed by atoms with E-state index in [2.05, 4.69) is 188 Å². The molecule has 0 unspecified atom stereocenters. The summed E-state index contributed by atoms with van der Waals surface area (Å²) in [6, 6.07) is 79.5. The van der Waals surface area contributed by atoms with Gasteiger partial charge in [0.2, 0.25) is 0 Å². The van der Waals surface area contributed by atoms with Crippen molar-refractivity contribution in [2.75, 3.05) is 0 Å². The molecule has 11 aromatic rings. The van der Waals surface area contributed by atoms with Gasteiger partial charge in [-0.2, -0.15) is 0 Å². The maximum atomic E-state index is 6.97. The first kappa shape index (κ1) is 36.2. The molecule has 3 heterocycles. The van der Waals surface area contributed by atoms with Crippen LogP contribution in [0.2, 0.25) is 0 Å². The maximum absolute atomic E-state index is 6.97. The largest absolute Gasteiger partial charge is 0.457 e. The molecule has 0 radical (unpaired) electrons. The number of ether oxygens (including phenoxy) is 1. The van der Waals surface area contributed by atoms with E-state index in [1.807, 2.05) is 36.4 Å². The van der Waals surface area contributed by atoms with E-state index in [4.69, 9.17) is 19.7 Å². The van der Waals surface area contributed by atoms with E-state index < -0.39 is 5.41 Å². The molecular formula is C60H37N3O. The normalized spacial score (nSPS) is 12.9. The molecule has 2 aromatic heterocycles. The number of benzene rings is 9. The van der Waals surface area contributed by atoms with Crippen molar-refractivity contribution < 1.29 is 4.74 Å². The number of aromatic nitrogens is 3. The van der Waals surface area contributed by atoms with E-state index >= 15 is 0 Å². The Morgan fingerprint density at radius 3 is 1.61 bits per heavy atom. The van der Waals surface area contributed by atoms with Gasteiger partial charge < -0.3 is 4.74 Å². The summed E-state index contributed by atoms with van der Waals surface area (Å²) in [6.45, 7) is 0. The predicted octanol–water partition coefficient (Wildman–Crippen LogP) is 15.0. The molecule has 1 aliphatic heterocycles. The van der Waals surface area contributed by atoms with Crippen molar-refractivity contribution in [1.29, 1.82) is 0 Å². The topological polar surface area (TPSA) is 47.9 Å². The molecule has 4 heteroatoms. The van der Waals surface area contributed by atoms with Gasteiger partial charge in [-0.05, 0) is 75.2 Å². The standard InChI is InChI=1S/C60H37N3O/c1-3-16-39(17-4-1)54-37-55(63-59(62-54)41-18-5-2-6-19-41)40-32-30-38(31-33-40)42-20-15-21-43(34-42)58-48-36-57-52(35-47(48)46-24-9-13-28-53(46)61-58)60(51-27-12-14-29-56(51)64-57)49-25-10-7-22-44(49)45-23-8-11-26-50(45)60/h1-37H. The third-order valence-electron chi connectivity index (χ3n) is 13.1. The predicted molar refractivity (Wildman–Crippen MR) is 259 cm³/mol. The summed E-state index contributed by atoms with van der Waals surface area (Å²) >= 11 is 0. The van der Waals surface area contributed by atoms with Gasteiger partial charge in [-0.1, -0.05) is 188 Å². The van der Waals surface area contributed by atoms with Crippen LogP contribution >= 0.6 is 0 Å². The van der Waals surface area contributed by atoms with Crippen LogP contribution in [0.1, 0.15) is 22.3 Å². The average Bonchev–Trinajstić information content (AvgIpc) is 3.66. The number of pyridine rings is 1. The van der Waals surface area contributed by atoms with E-state index in [0.29, 0.717) is 5.82 Å². The van der Waals surface area contributed by atoms with Crippen LogP contribution in [-0.4, -0.2) is 15.0 Å². The van der Waals surface area contributed by atoms with Gasteiger partial charge in [-0.15, -0.1) is 0 Å². The van der Waals surface area contributed by atoms with Gasteiger partial charge in [0, 0.05) is 44.2 Å². The molecule has 0 amide bonds. The molecule has 2 aliphatic rings. The molecular weight excluding hydrogens is 779 g/mol. The smallest absolute Gasteiger partial charge is 0.160 e. The van der Waals surface area contributed by atoms with Gasteiger partial charge in [0.1, 0.15) is 11.5 Å². The minimum Gasteiger partial charge on any atom is -0.457 e. The van der Waals surface area contributed by atoms with Gasteiger partial charge in [-0.3, -0.25) is 0 Å². The molecule has 0 bridgehead atoms. The number of rotatable bonds is 5. The van der Waals surface area contributed by atoms with Gasteiger partial charge >= 0.3 is 0 Å². The van der Waals surface area contributed by atoms with Crippen LogP contribution in [0.3, 0.4) is 0 Å². The van der Waals surface area contributed by atoms with Crippen molar-refractivity contribution in [1.82, 2.24) is 15.0 Å². The number of para-hydroxylation sites is 2. The van der Waals surface area contributed by atoms with Gasteiger partial charge in [0.15, 0.2) is 5.82 Å². The first-order chi connectivity index (χ1) is 31.7. The summed E-state index contributed by atoms with van der Waals surface area (Å²) in [4.78, 5) is 15.5. The Morgan fingerprint density at radius 2 is 0.875 bits per heavy atom. The molecule has 1 aliphatic carbocycles. The zero-order chi connectivity index (χ0) is 42.2. The Bertz CT molecular complexity index is 3530. The van der Waals surface area contributed by atoms with Gasteiger partial charge in [-0.25, -0.2) is 15.0 Å². The van der Waals surface area contributed by atoms with Crippen LogP contribution in [0.4, 0.5) is 0 Å². The first-order valence-electron chi connectivity index (χ1n) is 21.8. The Hall–Kier alpha value is -8.47. The van der Waals surface area contributed by atoms with Gasteiger partial charge in [0.25, 0.3) is 0 Å². The highest BCUT2D eigenvalue weighted by atomic mass is 16.5. The van der Waals surface area contributed by atoms with E-state index in [-0.39, 0.29) is 0 Å². The van der Waals surface area contributed by atoms with Crippen LogP contribution in [0.25, 0.3) is 89.1 Å². The van der Waals surface area contributed by atoms with E-state index in [1.54, 1.807) is 0 Å². The van der Waals surface area contributed by atoms with Crippen LogP contribution in [0.15, 0.2) is 224 Å². The van der Waals surface area contributed by atoms with Crippen LogP contribution in [-0.2, 0) is 5.41 Å². The molecule has 64 heavy (non-hydrogen) atoms.